The van der Waals surface area contributed by atoms with Crippen LogP contribution in [-0.4, -0.2) is 20.9 Å². The number of nitrogens with zero attached hydrogens (tertiary/aromatic N) is 2. The van der Waals surface area contributed by atoms with Crippen molar-refractivity contribution >= 4 is 5.97 Å². The summed E-state index contributed by atoms with van der Waals surface area (Å²) in [6.07, 6.45) is 2.33. The Morgan fingerprint density at radius 2 is 2.26 bits per heavy atom. The molecule has 0 saturated heterocycles. The van der Waals surface area contributed by atoms with Gasteiger partial charge in [-0.15, -0.1) is 0 Å². The second-order valence-corrected chi connectivity index (χ2v) is 4.44. The fraction of sp³-hybridized carbons (Fsp3) is 0.286. The van der Waals surface area contributed by atoms with Gasteiger partial charge < -0.3 is 5.11 Å². The van der Waals surface area contributed by atoms with E-state index in [0.29, 0.717) is 11.3 Å². The lowest BCUT2D eigenvalue weighted by molar-refractivity contribution is 0.0697. The maximum atomic E-state index is 13.2. The van der Waals surface area contributed by atoms with Gasteiger partial charge in [0.1, 0.15) is 17.1 Å². The first-order valence-electron chi connectivity index (χ1n) is 6.11. The van der Waals surface area contributed by atoms with Crippen LogP contribution in [0.2, 0.25) is 0 Å². The minimum Gasteiger partial charge on any atom is -0.478 e. The molecule has 5 heteroatoms. The lowest BCUT2D eigenvalue weighted by Crippen LogP contribution is -2.04. The predicted molar refractivity (Wildman–Crippen MR) is 69.6 cm³/mol. The molecule has 0 amide bonds. The van der Waals surface area contributed by atoms with Crippen LogP contribution in [-0.2, 0) is 0 Å². The number of halogens is 1. The molecule has 0 aliphatic rings. The summed E-state index contributed by atoms with van der Waals surface area (Å²) in [6, 6.07) is 5.89. The molecule has 4 nitrogen and oxygen atoms in total. The zero-order valence-electron chi connectivity index (χ0n) is 10.8. The van der Waals surface area contributed by atoms with E-state index in [2.05, 4.69) is 5.10 Å². The van der Waals surface area contributed by atoms with Gasteiger partial charge in [0.25, 0.3) is 0 Å². The number of carboxylic acid groups (broad SMARTS) is 1. The number of aromatic carboxylic acids is 1. The van der Waals surface area contributed by atoms with Gasteiger partial charge in [0, 0.05) is 17.8 Å². The lowest BCUT2D eigenvalue weighted by atomic mass is 10.1. The summed E-state index contributed by atoms with van der Waals surface area (Å²) in [5.41, 5.74) is 0.859. The molecule has 0 aliphatic carbocycles. The molecule has 1 aromatic carbocycles. The highest BCUT2D eigenvalue weighted by molar-refractivity contribution is 5.94. The van der Waals surface area contributed by atoms with E-state index in [0.717, 1.165) is 6.42 Å². The molecule has 2 rings (SSSR count). The van der Waals surface area contributed by atoms with Crippen LogP contribution in [0.25, 0.3) is 11.3 Å². The Bertz CT molecular complexity index is 607. The summed E-state index contributed by atoms with van der Waals surface area (Å²) in [4.78, 5) is 11.3. The van der Waals surface area contributed by atoms with Gasteiger partial charge in [0.15, 0.2) is 0 Å². The zero-order chi connectivity index (χ0) is 14.0. The second kappa shape index (κ2) is 5.22. The minimum absolute atomic E-state index is 0.0888. The van der Waals surface area contributed by atoms with Gasteiger partial charge in [-0.05, 0) is 25.5 Å². The van der Waals surface area contributed by atoms with Crippen molar-refractivity contribution in [3.05, 3.63) is 41.8 Å². The van der Waals surface area contributed by atoms with E-state index in [9.17, 15) is 14.3 Å². The summed E-state index contributed by atoms with van der Waals surface area (Å²) in [7, 11) is 0. The molecule has 2 aromatic rings. The molecule has 100 valence electrons. The fourth-order valence-electron chi connectivity index (χ4n) is 1.81. The Hall–Kier alpha value is -2.17. The predicted octanol–water partition coefficient (Wildman–Crippen LogP) is 3.36. The molecule has 1 aromatic heterocycles. The number of benzene rings is 1. The number of carbonyl (C=O) groups is 1. The quantitative estimate of drug-likeness (QED) is 0.919. The topological polar surface area (TPSA) is 55.1 Å². The molecule has 0 fully saturated rings. The third kappa shape index (κ3) is 2.65. The molecule has 1 unspecified atom stereocenters. The van der Waals surface area contributed by atoms with Crippen LogP contribution >= 0.6 is 0 Å². The van der Waals surface area contributed by atoms with Crippen LogP contribution in [0, 0.1) is 5.82 Å². The molecule has 0 saturated carbocycles. The Kier molecular flexibility index (Phi) is 3.64. The van der Waals surface area contributed by atoms with Crippen molar-refractivity contribution in [3.63, 3.8) is 0 Å². The largest absolute Gasteiger partial charge is 0.478 e. The van der Waals surface area contributed by atoms with Crippen molar-refractivity contribution in [1.82, 2.24) is 9.78 Å². The van der Waals surface area contributed by atoms with Crippen molar-refractivity contribution in [2.24, 2.45) is 0 Å². The average molecular weight is 262 g/mol. The summed E-state index contributed by atoms with van der Waals surface area (Å²) < 4.78 is 14.8. The summed E-state index contributed by atoms with van der Waals surface area (Å²) in [5.74, 6) is -1.47. The summed E-state index contributed by atoms with van der Waals surface area (Å²) >= 11 is 0. The molecule has 1 N–H and O–H groups in total. The number of rotatable bonds is 4. The van der Waals surface area contributed by atoms with Crippen LogP contribution in [0.15, 0.2) is 30.5 Å². The number of hydrogen-bond donors (Lipinski definition) is 1. The first kappa shape index (κ1) is 13.3. The highest BCUT2D eigenvalue weighted by Crippen LogP contribution is 2.24. The van der Waals surface area contributed by atoms with E-state index in [1.807, 2.05) is 13.8 Å². The van der Waals surface area contributed by atoms with Crippen LogP contribution in [0.5, 0.6) is 0 Å². The van der Waals surface area contributed by atoms with Crippen LogP contribution < -0.4 is 0 Å². The molecular formula is C14H15FN2O2. The third-order valence-corrected chi connectivity index (χ3v) is 3.10. The summed E-state index contributed by atoms with van der Waals surface area (Å²) in [5, 5.41) is 13.5. The second-order valence-electron chi connectivity index (χ2n) is 4.44. The van der Waals surface area contributed by atoms with Gasteiger partial charge in [0.05, 0.1) is 0 Å². The Balaban J connectivity index is 2.55. The number of hydrogen-bond acceptors (Lipinski definition) is 2. The van der Waals surface area contributed by atoms with Gasteiger partial charge in [-0.1, -0.05) is 19.1 Å². The van der Waals surface area contributed by atoms with Crippen molar-refractivity contribution < 1.29 is 14.3 Å². The van der Waals surface area contributed by atoms with E-state index in [1.165, 1.54) is 18.3 Å². The van der Waals surface area contributed by atoms with Crippen molar-refractivity contribution in [1.29, 1.82) is 0 Å². The van der Waals surface area contributed by atoms with E-state index < -0.39 is 11.8 Å². The molecule has 0 aliphatic heterocycles. The SMILES string of the molecule is CCC(C)n1cc(C(=O)O)c(-c2cccc(F)c2)n1. The molecular weight excluding hydrogens is 247 g/mol. The number of aromatic nitrogens is 2. The highest BCUT2D eigenvalue weighted by Gasteiger charge is 2.18. The van der Waals surface area contributed by atoms with Gasteiger partial charge in [0.2, 0.25) is 0 Å². The highest BCUT2D eigenvalue weighted by atomic mass is 19.1. The minimum atomic E-state index is -1.06. The van der Waals surface area contributed by atoms with E-state index in [-0.39, 0.29) is 11.6 Å². The van der Waals surface area contributed by atoms with E-state index >= 15 is 0 Å². The van der Waals surface area contributed by atoms with E-state index in [4.69, 9.17) is 0 Å². The smallest absolute Gasteiger partial charge is 0.339 e. The van der Waals surface area contributed by atoms with Gasteiger partial charge in [-0.2, -0.15) is 5.10 Å². The first-order valence-corrected chi connectivity index (χ1v) is 6.11. The molecule has 0 radical (unpaired) electrons. The molecule has 0 spiro atoms. The summed E-state index contributed by atoms with van der Waals surface area (Å²) in [6.45, 7) is 3.95. The monoisotopic (exact) mass is 262 g/mol. The van der Waals surface area contributed by atoms with Crippen molar-refractivity contribution in [2.75, 3.05) is 0 Å². The normalized spacial score (nSPS) is 12.4. The average Bonchev–Trinajstić information content (AvgIpc) is 2.83. The van der Waals surface area contributed by atoms with E-state index in [1.54, 1.807) is 16.8 Å². The molecule has 0 bridgehead atoms. The lowest BCUT2D eigenvalue weighted by Gasteiger charge is -2.07. The fourth-order valence-corrected chi connectivity index (χ4v) is 1.81. The maximum Gasteiger partial charge on any atom is 0.339 e. The Morgan fingerprint density at radius 1 is 1.53 bits per heavy atom. The van der Waals surface area contributed by atoms with Crippen LogP contribution in [0.4, 0.5) is 4.39 Å². The van der Waals surface area contributed by atoms with Crippen LogP contribution in [0.3, 0.4) is 0 Å². The molecule has 19 heavy (non-hydrogen) atoms. The van der Waals surface area contributed by atoms with Gasteiger partial charge >= 0.3 is 5.97 Å². The van der Waals surface area contributed by atoms with Gasteiger partial charge in [-0.3, -0.25) is 4.68 Å². The third-order valence-electron chi connectivity index (χ3n) is 3.10. The Morgan fingerprint density at radius 3 is 2.84 bits per heavy atom. The first-order chi connectivity index (χ1) is 9.02. The molecule has 1 heterocycles. The number of carboxylic acids is 1. The van der Waals surface area contributed by atoms with Crippen LogP contribution in [0.1, 0.15) is 36.7 Å². The maximum absolute atomic E-state index is 13.2. The zero-order valence-corrected chi connectivity index (χ0v) is 10.8. The standard InChI is InChI=1S/C14H15FN2O2/c1-3-9(2)17-8-12(14(18)19)13(16-17)10-5-4-6-11(15)7-10/h4-9H,3H2,1-2H3,(H,18,19). The van der Waals surface area contributed by atoms with Crippen molar-refractivity contribution in [3.8, 4) is 11.3 Å². The molecule has 1 atom stereocenters. The Labute approximate surface area is 110 Å². The van der Waals surface area contributed by atoms with Crippen molar-refractivity contribution in [2.45, 2.75) is 26.3 Å². The van der Waals surface area contributed by atoms with Gasteiger partial charge in [-0.25, -0.2) is 9.18 Å².